The molecule has 1 aromatic heterocycles. The summed E-state index contributed by atoms with van der Waals surface area (Å²) in [7, 11) is 0. The van der Waals surface area contributed by atoms with E-state index in [1.807, 2.05) is 24.4 Å². The van der Waals surface area contributed by atoms with Crippen molar-refractivity contribution in [3.05, 3.63) is 54.0 Å². The monoisotopic (exact) mass is 524 g/mol. The summed E-state index contributed by atoms with van der Waals surface area (Å²) < 4.78 is 13.1. The number of nitrogens with two attached hydrogens (primary N) is 1. The van der Waals surface area contributed by atoms with Gasteiger partial charge >= 0.3 is 0 Å². The number of nitrogens with zero attached hydrogens (tertiary/aromatic N) is 5. The van der Waals surface area contributed by atoms with Crippen molar-refractivity contribution >= 4 is 41.4 Å². The zero-order valence-corrected chi connectivity index (χ0v) is 19.5. The number of benzene rings is 1. The second-order valence-electron chi connectivity index (χ2n) is 7.69. The summed E-state index contributed by atoms with van der Waals surface area (Å²) >= 11 is 0. The molecule has 0 saturated carbocycles. The first-order chi connectivity index (χ1) is 14.2. The minimum absolute atomic E-state index is 0. The number of hydrogen-bond acceptors (Lipinski definition) is 4. The molecule has 162 valence electrons. The Morgan fingerprint density at radius 3 is 2.30 bits per heavy atom. The van der Waals surface area contributed by atoms with Crippen molar-refractivity contribution in [3.8, 4) is 0 Å². The Bertz CT molecular complexity index is 830. The highest BCUT2D eigenvalue weighted by Crippen LogP contribution is 2.20. The summed E-state index contributed by atoms with van der Waals surface area (Å²) in [5.41, 5.74) is 8.36. The fourth-order valence-electron chi connectivity index (χ4n) is 3.97. The van der Waals surface area contributed by atoms with Gasteiger partial charge in [-0.15, -0.1) is 24.0 Å². The van der Waals surface area contributed by atoms with Crippen LogP contribution in [0.4, 0.5) is 15.9 Å². The van der Waals surface area contributed by atoms with Gasteiger partial charge in [0.2, 0.25) is 0 Å². The molecule has 0 radical (unpaired) electrons. The maximum atomic E-state index is 13.1. The fourth-order valence-corrected chi connectivity index (χ4v) is 3.97. The quantitative estimate of drug-likeness (QED) is 0.377. The SMILES string of the molecule is I.NC(=NCc1ccnc(N2CCN(c3ccc(F)cc3)CC2)c1)N1CCCCC1. The summed E-state index contributed by atoms with van der Waals surface area (Å²) in [4.78, 5) is 15.9. The highest BCUT2D eigenvalue weighted by atomic mass is 127. The molecule has 8 heteroatoms. The number of anilines is 2. The first kappa shape index (κ1) is 22.6. The van der Waals surface area contributed by atoms with Gasteiger partial charge in [0.15, 0.2) is 5.96 Å². The first-order valence-electron chi connectivity index (χ1n) is 10.4. The van der Waals surface area contributed by atoms with Gasteiger partial charge in [0.25, 0.3) is 0 Å². The standard InChI is InChI=1S/C22H29FN6.HI/c23-19-4-6-20(7-5-19)27-12-14-28(15-13-27)21-16-18(8-9-25-21)17-26-22(24)29-10-2-1-3-11-29;/h4-9,16H,1-3,10-15,17H2,(H2,24,26);1H. The van der Waals surface area contributed by atoms with Crippen LogP contribution in [0.25, 0.3) is 0 Å². The fraction of sp³-hybridized carbons (Fsp3) is 0.455. The van der Waals surface area contributed by atoms with Crippen LogP contribution in [0.2, 0.25) is 0 Å². The van der Waals surface area contributed by atoms with E-state index < -0.39 is 0 Å². The summed E-state index contributed by atoms with van der Waals surface area (Å²) in [5, 5.41) is 0. The Kier molecular flexibility index (Phi) is 8.12. The Hall–Kier alpha value is -2.10. The molecule has 0 amide bonds. The number of piperazine rings is 1. The number of likely N-dealkylation sites (tertiary alicyclic amines) is 1. The molecular formula is C22H30FIN6. The molecule has 0 aliphatic carbocycles. The molecule has 3 heterocycles. The van der Waals surface area contributed by atoms with Crippen molar-refractivity contribution in [2.45, 2.75) is 25.8 Å². The van der Waals surface area contributed by atoms with Crippen molar-refractivity contribution < 1.29 is 4.39 Å². The van der Waals surface area contributed by atoms with Crippen LogP contribution in [0, 0.1) is 5.82 Å². The smallest absolute Gasteiger partial charge is 0.191 e. The van der Waals surface area contributed by atoms with Gasteiger partial charge in [-0.1, -0.05) is 0 Å². The van der Waals surface area contributed by atoms with E-state index in [1.54, 1.807) is 0 Å². The van der Waals surface area contributed by atoms with E-state index in [0.717, 1.165) is 56.3 Å². The highest BCUT2D eigenvalue weighted by molar-refractivity contribution is 14.0. The molecule has 2 aliphatic rings. The lowest BCUT2D eigenvalue weighted by molar-refractivity contribution is 0.338. The van der Waals surface area contributed by atoms with Crippen molar-refractivity contribution in [3.63, 3.8) is 0 Å². The number of aromatic nitrogens is 1. The topological polar surface area (TPSA) is 61.0 Å². The first-order valence-corrected chi connectivity index (χ1v) is 10.4. The molecule has 2 aromatic rings. The second kappa shape index (κ2) is 10.8. The maximum Gasteiger partial charge on any atom is 0.191 e. The summed E-state index contributed by atoms with van der Waals surface area (Å²) in [5.74, 6) is 1.43. The lowest BCUT2D eigenvalue weighted by atomic mass is 10.1. The molecule has 0 spiro atoms. The minimum Gasteiger partial charge on any atom is -0.370 e. The Labute approximate surface area is 195 Å². The van der Waals surface area contributed by atoms with Gasteiger partial charge < -0.3 is 20.4 Å². The van der Waals surface area contributed by atoms with Gasteiger partial charge in [0, 0.05) is 51.2 Å². The number of rotatable bonds is 4. The molecule has 2 fully saturated rings. The van der Waals surface area contributed by atoms with Gasteiger partial charge in [-0.3, -0.25) is 0 Å². The van der Waals surface area contributed by atoms with Crippen LogP contribution in [0.3, 0.4) is 0 Å². The van der Waals surface area contributed by atoms with E-state index in [0.29, 0.717) is 12.5 Å². The molecule has 0 atom stereocenters. The van der Waals surface area contributed by atoms with E-state index in [4.69, 9.17) is 5.73 Å². The lowest BCUT2D eigenvalue weighted by Crippen LogP contribution is -2.46. The van der Waals surface area contributed by atoms with Crippen LogP contribution >= 0.6 is 24.0 Å². The minimum atomic E-state index is -0.197. The van der Waals surface area contributed by atoms with Crippen molar-refractivity contribution in [2.75, 3.05) is 49.1 Å². The predicted molar refractivity (Wildman–Crippen MR) is 131 cm³/mol. The number of pyridine rings is 1. The van der Waals surface area contributed by atoms with E-state index in [-0.39, 0.29) is 29.8 Å². The number of guanidine groups is 1. The van der Waals surface area contributed by atoms with Crippen LogP contribution in [-0.2, 0) is 6.54 Å². The molecule has 6 nitrogen and oxygen atoms in total. The molecular weight excluding hydrogens is 494 g/mol. The van der Waals surface area contributed by atoms with E-state index >= 15 is 0 Å². The second-order valence-corrected chi connectivity index (χ2v) is 7.69. The van der Waals surface area contributed by atoms with Gasteiger partial charge in [-0.05, 0) is 61.2 Å². The Morgan fingerprint density at radius 2 is 1.60 bits per heavy atom. The third kappa shape index (κ3) is 5.74. The van der Waals surface area contributed by atoms with Crippen LogP contribution in [0.5, 0.6) is 0 Å². The molecule has 2 N–H and O–H groups in total. The number of halogens is 2. The normalized spacial score (nSPS) is 17.6. The molecule has 0 unspecified atom stereocenters. The zero-order valence-electron chi connectivity index (χ0n) is 17.2. The van der Waals surface area contributed by atoms with Crippen LogP contribution in [-0.4, -0.2) is 55.1 Å². The van der Waals surface area contributed by atoms with Crippen molar-refractivity contribution in [1.82, 2.24) is 9.88 Å². The predicted octanol–water partition coefficient (Wildman–Crippen LogP) is 3.47. The largest absolute Gasteiger partial charge is 0.370 e. The lowest BCUT2D eigenvalue weighted by Gasteiger charge is -2.36. The van der Waals surface area contributed by atoms with E-state index in [1.165, 1.54) is 31.4 Å². The maximum absolute atomic E-state index is 13.1. The van der Waals surface area contributed by atoms with Crippen LogP contribution in [0.15, 0.2) is 47.6 Å². The summed E-state index contributed by atoms with van der Waals surface area (Å²) in [6.45, 7) is 6.13. The van der Waals surface area contributed by atoms with Crippen molar-refractivity contribution in [2.24, 2.45) is 10.7 Å². The van der Waals surface area contributed by atoms with Crippen molar-refractivity contribution in [1.29, 1.82) is 0 Å². The molecule has 1 aromatic carbocycles. The zero-order chi connectivity index (χ0) is 20.1. The molecule has 2 aliphatic heterocycles. The third-order valence-corrected chi connectivity index (χ3v) is 5.71. The van der Waals surface area contributed by atoms with Gasteiger partial charge in [-0.2, -0.15) is 0 Å². The average Bonchev–Trinajstić information content (AvgIpc) is 2.79. The molecule has 30 heavy (non-hydrogen) atoms. The number of aliphatic imine (C=N–C) groups is 1. The average molecular weight is 524 g/mol. The van der Waals surface area contributed by atoms with Gasteiger partial charge in [-0.25, -0.2) is 14.4 Å². The van der Waals surface area contributed by atoms with Crippen LogP contribution < -0.4 is 15.5 Å². The third-order valence-electron chi connectivity index (χ3n) is 5.71. The molecule has 0 bridgehead atoms. The summed E-state index contributed by atoms with van der Waals surface area (Å²) in [6, 6.07) is 10.8. The Balaban J connectivity index is 0.00000256. The van der Waals surface area contributed by atoms with Gasteiger partial charge in [0.1, 0.15) is 11.6 Å². The van der Waals surface area contributed by atoms with E-state index in [2.05, 4.69) is 30.7 Å². The van der Waals surface area contributed by atoms with Crippen LogP contribution in [0.1, 0.15) is 24.8 Å². The van der Waals surface area contributed by atoms with Gasteiger partial charge in [0.05, 0.1) is 6.54 Å². The molecule has 2 saturated heterocycles. The number of piperidine rings is 1. The van der Waals surface area contributed by atoms with E-state index in [9.17, 15) is 4.39 Å². The molecule has 4 rings (SSSR count). The highest BCUT2D eigenvalue weighted by Gasteiger charge is 2.18. The number of hydrogen-bond donors (Lipinski definition) is 1. The summed E-state index contributed by atoms with van der Waals surface area (Å²) in [6.07, 6.45) is 5.52. The Morgan fingerprint density at radius 1 is 0.933 bits per heavy atom.